The maximum Gasteiger partial charge on any atom is 0.226 e. The fourth-order valence-electron chi connectivity index (χ4n) is 1.12. The highest BCUT2D eigenvalue weighted by molar-refractivity contribution is 7.98. The van der Waals surface area contributed by atoms with Gasteiger partial charge < -0.3 is 10.4 Å². The van der Waals surface area contributed by atoms with Crippen molar-refractivity contribution < 1.29 is 9.90 Å². The first kappa shape index (κ1) is 13.6. The van der Waals surface area contributed by atoms with Gasteiger partial charge in [0, 0.05) is 23.9 Å². The highest BCUT2D eigenvalue weighted by atomic mass is 32.2. The number of pyridine rings is 1. The Hall–Kier alpha value is -1.51. The van der Waals surface area contributed by atoms with Crippen molar-refractivity contribution >= 4 is 23.5 Å². The molecular formula is C12H14N2O2S. The van der Waals surface area contributed by atoms with Crippen LogP contribution in [0, 0.1) is 11.8 Å². The third-order valence-electron chi connectivity index (χ3n) is 1.87. The zero-order valence-corrected chi connectivity index (χ0v) is 10.4. The Morgan fingerprint density at radius 1 is 1.65 bits per heavy atom. The Bertz CT molecular complexity index is 438. The van der Waals surface area contributed by atoms with Gasteiger partial charge in [-0.3, -0.25) is 4.79 Å². The summed E-state index contributed by atoms with van der Waals surface area (Å²) in [6, 6.07) is 3.40. The second-order valence-electron chi connectivity index (χ2n) is 3.18. The first-order valence-corrected chi connectivity index (χ1v) is 6.50. The summed E-state index contributed by atoms with van der Waals surface area (Å²) < 4.78 is 0. The highest BCUT2D eigenvalue weighted by Gasteiger charge is 2.02. The van der Waals surface area contributed by atoms with Crippen LogP contribution in [0.5, 0.6) is 0 Å². The molecule has 1 amide bonds. The minimum Gasteiger partial charge on any atom is -0.384 e. The third kappa shape index (κ3) is 5.38. The summed E-state index contributed by atoms with van der Waals surface area (Å²) in [6.07, 6.45) is 4.00. The van der Waals surface area contributed by atoms with Gasteiger partial charge in [0.15, 0.2) is 0 Å². The molecule has 4 nitrogen and oxygen atoms in total. The van der Waals surface area contributed by atoms with Gasteiger partial charge in [-0.15, -0.1) is 0 Å². The molecular weight excluding hydrogens is 236 g/mol. The summed E-state index contributed by atoms with van der Waals surface area (Å²) in [5.74, 6) is 6.51. The number of hydrogen-bond donors (Lipinski definition) is 2. The molecule has 0 unspecified atom stereocenters. The largest absolute Gasteiger partial charge is 0.384 e. The number of aromatic nitrogens is 1. The number of amides is 1. The van der Waals surface area contributed by atoms with Gasteiger partial charge in [-0.25, -0.2) is 4.98 Å². The Morgan fingerprint density at radius 3 is 3.18 bits per heavy atom. The average Bonchev–Trinajstić information content (AvgIpc) is 2.34. The van der Waals surface area contributed by atoms with E-state index in [-0.39, 0.29) is 12.5 Å². The van der Waals surface area contributed by atoms with Crippen LogP contribution in [0.3, 0.4) is 0 Å². The van der Waals surface area contributed by atoms with E-state index in [2.05, 4.69) is 22.1 Å². The van der Waals surface area contributed by atoms with Crippen LogP contribution in [0.4, 0.5) is 5.82 Å². The minimum absolute atomic E-state index is 0.0564. The minimum atomic E-state index is -0.183. The molecule has 1 rings (SSSR count). The molecule has 17 heavy (non-hydrogen) atoms. The number of rotatable bonds is 4. The van der Waals surface area contributed by atoms with Gasteiger partial charge in [0.1, 0.15) is 12.4 Å². The van der Waals surface area contributed by atoms with Crippen LogP contribution in [0.25, 0.3) is 0 Å². The van der Waals surface area contributed by atoms with Crippen molar-refractivity contribution in [1.29, 1.82) is 0 Å². The molecule has 0 aromatic carbocycles. The van der Waals surface area contributed by atoms with Crippen molar-refractivity contribution in [3.63, 3.8) is 0 Å². The zero-order chi connectivity index (χ0) is 12.5. The normalized spacial score (nSPS) is 9.29. The van der Waals surface area contributed by atoms with E-state index in [0.717, 1.165) is 5.75 Å². The van der Waals surface area contributed by atoms with Crippen LogP contribution in [0.15, 0.2) is 18.3 Å². The molecule has 0 spiro atoms. The molecule has 0 aliphatic carbocycles. The smallest absolute Gasteiger partial charge is 0.226 e. The number of carbonyl (C=O) groups is 1. The molecule has 1 aromatic rings. The van der Waals surface area contributed by atoms with Crippen LogP contribution >= 0.6 is 11.8 Å². The number of nitrogens with one attached hydrogen (secondary N) is 1. The molecule has 0 radical (unpaired) electrons. The van der Waals surface area contributed by atoms with E-state index in [4.69, 9.17) is 5.11 Å². The van der Waals surface area contributed by atoms with Crippen LogP contribution < -0.4 is 5.32 Å². The molecule has 0 atom stereocenters. The topological polar surface area (TPSA) is 62.2 Å². The van der Waals surface area contributed by atoms with E-state index in [1.54, 1.807) is 30.1 Å². The number of thioether (sulfide) groups is 1. The first-order valence-electron chi connectivity index (χ1n) is 5.11. The number of carbonyl (C=O) groups excluding carboxylic acids is 1. The number of nitrogens with zero attached hydrogens (tertiary/aromatic N) is 1. The lowest BCUT2D eigenvalue weighted by molar-refractivity contribution is -0.115. The summed E-state index contributed by atoms with van der Waals surface area (Å²) >= 11 is 1.62. The monoisotopic (exact) mass is 250 g/mol. The molecule has 2 N–H and O–H groups in total. The predicted octanol–water partition coefficient (Wildman–Crippen LogP) is 1.12. The summed E-state index contributed by atoms with van der Waals surface area (Å²) in [4.78, 5) is 15.5. The Labute approximate surface area is 105 Å². The number of hydrogen-bond acceptors (Lipinski definition) is 4. The summed E-state index contributed by atoms with van der Waals surface area (Å²) in [6.45, 7) is -0.183. The molecule has 1 heterocycles. The van der Waals surface area contributed by atoms with E-state index in [1.165, 1.54) is 0 Å². The summed E-state index contributed by atoms with van der Waals surface area (Å²) in [5.41, 5.74) is 0.717. The lowest BCUT2D eigenvalue weighted by Gasteiger charge is -2.03. The van der Waals surface area contributed by atoms with Gasteiger partial charge in [-0.2, -0.15) is 11.8 Å². The molecule has 90 valence electrons. The van der Waals surface area contributed by atoms with Crippen LogP contribution in [-0.4, -0.2) is 34.6 Å². The van der Waals surface area contributed by atoms with E-state index < -0.39 is 0 Å². The molecule has 1 aromatic heterocycles. The quantitative estimate of drug-likeness (QED) is 0.786. The van der Waals surface area contributed by atoms with Gasteiger partial charge in [0.2, 0.25) is 5.91 Å². The van der Waals surface area contributed by atoms with Crippen LogP contribution in [0.1, 0.15) is 12.0 Å². The van der Waals surface area contributed by atoms with Gasteiger partial charge in [0.05, 0.1) is 0 Å². The van der Waals surface area contributed by atoms with Crippen LogP contribution in [-0.2, 0) is 4.79 Å². The van der Waals surface area contributed by atoms with E-state index in [0.29, 0.717) is 17.8 Å². The maximum absolute atomic E-state index is 11.5. The molecule has 5 heteroatoms. The third-order valence-corrected chi connectivity index (χ3v) is 2.48. The molecule has 0 aliphatic rings. The fraction of sp³-hybridized carbons (Fsp3) is 0.333. The van der Waals surface area contributed by atoms with Crippen molar-refractivity contribution in [3.8, 4) is 11.8 Å². The number of aliphatic hydroxyl groups excluding tert-OH is 1. The van der Waals surface area contributed by atoms with Gasteiger partial charge in [-0.1, -0.05) is 11.8 Å². The molecule has 0 aliphatic heterocycles. The Kier molecular flexibility index (Phi) is 6.15. The Morgan fingerprint density at radius 2 is 2.47 bits per heavy atom. The summed E-state index contributed by atoms with van der Waals surface area (Å²) in [7, 11) is 0. The fourth-order valence-corrected chi connectivity index (χ4v) is 1.51. The number of anilines is 1. The molecule has 0 saturated carbocycles. The lowest BCUT2D eigenvalue weighted by Crippen LogP contribution is -2.13. The van der Waals surface area contributed by atoms with E-state index in [1.807, 2.05) is 6.26 Å². The SMILES string of the molecule is CSCCC(=O)Nc1cc(C#CCO)ccn1. The molecule has 0 saturated heterocycles. The van der Waals surface area contributed by atoms with Crippen molar-refractivity contribution in [3.05, 3.63) is 23.9 Å². The maximum atomic E-state index is 11.5. The van der Waals surface area contributed by atoms with E-state index >= 15 is 0 Å². The van der Waals surface area contributed by atoms with Gasteiger partial charge >= 0.3 is 0 Å². The zero-order valence-electron chi connectivity index (χ0n) is 9.56. The Balaban J connectivity index is 2.62. The number of aliphatic hydroxyl groups is 1. The van der Waals surface area contributed by atoms with Crippen molar-refractivity contribution in [2.24, 2.45) is 0 Å². The molecule has 0 bridgehead atoms. The standard InChI is InChI=1S/C12H14N2O2S/c1-17-8-5-12(16)14-11-9-10(3-2-7-15)4-6-13-11/h4,6,9,15H,5,7-8H2,1H3,(H,13,14,16). The van der Waals surface area contributed by atoms with Crippen molar-refractivity contribution in [2.45, 2.75) is 6.42 Å². The second kappa shape index (κ2) is 7.71. The highest BCUT2D eigenvalue weighted by Crippen LogP contribution is 2.06. The van der Waals surface area contributed by atoms with Crippen molar-refractivity contribution in [2.75, 3.05) is 23.9 Å². The molecule has 0 fully saturated rings. The van der Waals surface area contributed by atoms with E-state index in [9.17, 15) is 4.79 Å². The van der Waals surface area contributed by atoms with Gasteiger partial charge in [0.25, 0.3) is 0 Å². The summed E-state index contributed by atoms with van der Waals surface area (Å²) in [5, 5.41) is 11.3. The predicted molar refractivity (Wildman–Crippen MR) is 69.8 cm³/mol. The second-order valence-corrected chi connectivity index (χ2v) is 4.17. The first-order chi connectivity index (χ1) is 8.26. The van der Waals surface area contributed by atoms with Crippen LogP contribution in [0.2, 0.25) is 0 Å². The average molecular weight is 250 g/mol. The van der Waals surface area contributed by atoms with Gasteiger partial charge in [-0.05, 0) is 18.4 Å². The lowest BCUT2D eigenvalue weighted by atomic mass is 10.2. The van der Waals surface area contributed by atoms with Crippen molar-refractivity contribution in [1.82, 2.24) is 4.98 Å².